The fourth-order valence-corrected chi connectivity index (χ4v) is 4.76. The lowest BCUT2D eigenvalue weighted by Crippen LogP contribution is -2.03. The topological polar surface area (TPSA) is 73.8 Å². The number of thioether (sulfide) groups is 1. The molecule has 3 aromatic heterocycles. The molecule has 0 aliphatic rings. The van der Waals surface area contributed by atoms with Gasteiger partial charge in [0.05, 0.1) is 5.69 Å². The standard InChI is InChI=1S/C26H22N4O2S/c1-16-7-4-5-9-22(16)30-25(19-8-6-10-27-14-19)28-29-26(30)33-15-20-13-24(31)32-23-12-18(3)17(2)11-21(20)23/h4-14H,15H2,1-3H3. The van der Waals surface area contributed by atoms with Gasteiger partial charge in [-0.1, -0.05) is 30.0 Å². The molecular weight excluding hydrogens is 432 g/mol. The third-order valence-corrected chi connectivity index (χ3v) is 6.69. The molecule has 164 valence electrons. The second kappa shape index (κ2) is 8.67. The van der Waals surface area contributed by atoms with Crippen LogP contribution in [0, 0.1) is 20.8 Å². The Hall–Kier alpha value is -3.71. The molecule has 2 aromatic carbocycles. The Morgan fingerprint density at radius 3 is 2.55 bits per heavy atom. The predicted octanol–water partition coefficient (Wildman–Crippen LogP) is 5.65. The zero-order valence-corrected chi connectivity index (χ0v) is 19.4. The Morgan fingerprint density at radius 2 is 1.76 bits per heavy atom. The van der Waals surface area contributed by atoms with Crippen LogP contribution in [0.1, 0.15) is 22.3 Å². The largest absolute Gasteiger partial charge is 0.423 e. The third-order valence-electron chi connectivity index (χ3n) is 5.71. The van der Waals surface area contributed by atoms with Crippen LogP contribution in [0.15, 0.2) is 81.4 Å². The number of para-hydroxylation sites is 1. The number of rotatable bonds is 5. The van der Waals surface area contributed by atoms with E-state index >= 15 is 0 Å². The first-order valence-corrected chi connectivity index (χ1v) is 11.6. The highest BCUT2D eigenvalue weighted by Crippen LogP contribution is 2.32. The van der Waals surface area contributed by atoms with Gasteiger partial charge in [-0.2, -0.15) is 0 Å². The molecule has 0 aliphatic heterocycles. The van der Waals surface area contributed by atoms with Gasteiger partial charge in [0, 0.05) is 35.2 Å². The summed E-state index contributed by atoms with van der Waals surface area (Å²) in [6, 6.07) is 17.6. The van der Waals surface area contributed by atoms with Crippen molar-refractivity contribution < 1.29 is 4.42 Å². The van der Waals surface area contributed by atoms with Crippen LogP contribution in [0.25, 0.3) is 28.0 Å². The first-order chi connectivity index (χ1) is 16.0. The highest BCUT2D eigenvalue weighted by atomic mass is 32.2. The summed E-state index contributed by atoms with van der Waals surface area (Å²) in [6.07, 6.45) is 3.53. The average molecular weight is 455 g/mol. The SMILES string of the molecule is Cc1cc2oc(=O)cc(CSc3nnc(-c4cccnc4)n3-c3ccccc3C)c2cc1C. The highest BCUT2D eigenvalue weighted by molar-refractivity contribution is 7.98. The molecule has 6 nitrogen and oxygen atoms in total. The molecule has 0 aliphatic carbocycles. The summed E-state index contributed by atoms with van der Waals surface area (Å²) in [7, 11) is 0. The molecule has 0 amide bonds. The molecule has 0 atom stereocenters. The zero-order valence-electron chi connectivity index (χ0n) is 18.6. The number of aromatic nitrogens is 4. The molecule has 5 rings (SSSR count). The minimum Gasteiger partial charge on any atom is -0.423 e. The summed E-state index contributed by atoms with van der Waals surface area (Å²) >= 11 is 1.54. The van der Waals surface area contributed by atoms with Crippen molar-refractivity contribution in [1.29, 1.82) is 0 Å². The summed E-state index contributed by atoms with van der Waals surface area (Å²) < 4.78 is 7.51. The minimum atomic E-state index is -0.349. The van der Waals surface area contributed by atoms with E-state index < -0.39 is 0 Å². The van der Waals surface area contributed by atoms with E-state index in [0.717, 1.165) is 49.9 Å². The lowest BCUT2D eigenvalue weighted by Gasteiger charge is -2.13. The number of nitrogens with zero attached hydrogens (tertiary/aromatic N) is 4. The Kier molecular flexibility index (Phi) is 5.56. The lowest BCUT2D eigenvalue weighted by atomic mass is 10.0. The van der Waals surface area contributed by atoms with Crippen LogP contribution in [-0.4, -0.2) is 19.7 Å². The van der Waals surface area contributed by atoms with Crippen LogP contribution >= 0.6 is 11.8 Å². The van der Waals surface area contributed by atoms with Crippen LogP contribution in [0.3, 0.4) is 0 Å². The molecule has 7 heteroatoms. The number of fused-ring (bicyclic) bond motifs is 1. The summed E-state index contributed by atoms with van der Waals surface area (Å²) in [5, 5.41) is 10.7. The molecule has 3 heterocycles. The minimum absolute atomic E-state index is 0.349. The van der Waals surface area contributed by atoms with E-state index in [-0.39, 0.29) is 5.63 Å². The molecule has 0 spiro atoms. The number of aryl methyl sites for hydroxylation is 3. The van der Waals surface area contributed by atoms with E-state index in [9.17, 15) is 4.79 Å². The van der Waals surface area contributed by atoms with Crippen LogP contribution in [-0.2, 0) is 5.75 Å². The molecule has 0 fully saturated rings. The first-order valence-electron chi connectivity index (χ1n) is 10.6. The van der Waals surface area contributed by atoms with Gasteiger partial charge in [0.1, 0.15) is 5.58 Å². The second-order valence-corrected chi connectivity index (χ2v) is 8.92. The molecular formula is C26H22N4O2S. The van der Waals surface area contributed by atoms with Gasteiger partial charge in [-0.15, -0.1) is 10.2 Å². The second-order valence-electron chi connectivity index (χ2n) is 7.98. The van der Waals surface area contributed by atoms with Crippen molar-refractivity contribution in [1.82, 2.24) is 19.7 Å². The van der Waals surface area contributed by atoms with Gasteiger partial charge >= 0.3 is 5.63 Å². The van der Waals surface area contributed by atoms with Crippen molar-refractivity contribution in [3.05, 3.63) is 99.7 Å². The Morgan fingerprint density at radius 1 is 0.939 bits per heavy atom. The number of hydrogen-bond donors (Lipinski definition) is 0. The van der Waals surface area contributed by atoms with E-state index in [4.69, 9.17) is 4.42 Å². The van der Waals surface area contributed by atoms with Gasteiger partial charge in [0.15, 0.2) is 11.0 Å². The fourth-order valence-electron chi connectivity index (χ4n) is 3.82. The molecule has 0 saturated carbocycles. The number of benzene rings is 2. The van der Waals surface area contributed by atoms with Gasteiger partial charge in [-0.25, -0.2) is 4.79 Å². The van der Waals surface area contributed by atoms with Crippen LogP contribution in [0.5, 0.6) is 0 Å². The quantitative estimate of drug-likeness (QED) is 0.252. The van der Waals surface area contributed by atoms with Crippen LogP contribution in [0.2, 0.25) is 0 Å². The van der Waals surface area contributed by atoms with Crippen molar-refractivity contribution in [2.75, 3.05) is 0 Å². The molecule has 0 N–H and O–H groups in total. The maximum absolute atomic E-state index is 12.2. The van der Waals surface area contributed by atoms with Gasteiger partial charge in [-0.3, -0.25) is 9.55 Å². The maximum Gasteiger partial charge on any atom is 0.336 e. The van der Waals surface area contributed by atoms with Gasteiger partial charge in [0.25, 0.3) is 0 Å². The number of pyridine rings is 1. The fraction of sp³-hybridized carbons (Fsp3) is 0.154. The molecule has 0 unspecified atom stereocenters. The Labute approximate surface area is 195 Å². The Bertz CT molecular complexity index is 1520. The lowest BCUT2D eigenvalue weighted by molar-refractivity contribution is 0.559. The van der Waals surface area contributed by atoms with Crippen LogP contribution in [0.4, 0.5) is 0 Å². The van der Waals surface area contributed by atoms with Gasteiger partial charge in [0.2, 0.25) is 0 Å². The Balaban J connectivity index is 1.59. The van der Waals surface area contributed by atoms with Crippen molar-refractivity contribution in [2.45, 2.75) is 31.7 Å². The van der Waals surface area contributed by atoms with Crippen molar-refractivity contribution in [2.24, 2.45) is 0 Å². The van der Waals surface area contributed by atoms with E-state index in [2.05, 4.69) is 51.8 Å². The highest BCUT2D eigenvalue weighted by Gasteiger charge is 2.18. The van der Waals surface area contributed by atoms with E-state index in [1.807, 2.05) is 37.3 Å². The van der Waals surface area contributed by atoms with Crippen molar-refractivity contribution in [3.8, 4) is 17.1 Å². The molecule has 5 aromatic rings. The van der Waals surface area contributed by atoms with Gasteiger partial charge in [-0.05, 0) is 73.4 Å². The molecule has 0 bridgehead atoms. The zero-order chi connectivity index (χ0) is 22.9. The van der Waals surface area contributed by atoms with E-state index in [1.165, 1.54) is 0 Å². The molecule has 0 radical (unpaired) electrons. The third kappa shape index (κ3) is 4.07. The van der Waals surface area contributed by atoms with Crippen molar-refractivity contribution in [3.63, 3.8) is 0 Å². The normalized spacial score (nSPS) is 11.2. The molecule has 0 saturated heterocycles. The smallest absolute Gasteiger partial charge is 0.336 e. The summed E-state index contributed by atoms with van der Waals surface area (Å²) in [4.78, 5) is 16.5. The average Bonchev–Trinajstić information content (AvgIpc) is 3.23. The van der Waals surface area contributed by atoms with Crippen LogP contribution < -0.4 is 5.63 Å². The summed E-state index contributed by atoms with van der Waals surface area (Å²) in [6.45, 7) is 6.14. The first kappa shape index (κ1) is 21.2. The summed E-state index contributed by atoms with van der Waals surface area (Å²) in [5.74, 6) is 1.28. The van der Waals surface area contributed by atoms with E-state index in [0.29, 0.717) is 11.3 Å². The monoisotopic (exact) mass is 454 g/mol. The maximum atomic E-state index is 12.2. The number of hydrogen-bond acceptors (Lipinski definition) is 6. The van der Waals surface area contributed by atoms with Crippen molar-refractivity contribution >= 4 is 22.7 Å². The molecule has 33 heavy (non-hydrogen) atoms. The van der Waals surface area contributed by atoms with Gasteiger partial charge < -0.3 is 4.42 Å². The van der Waals surface area contributed by atoms with E-state index in [1.54, 1.807) is 30.2 Å². The predicted molar refractivity (Wildman–Crippen MR) is 131 cm³/mol. The summed E-state index contributed by atoms with van der Waals surface area (Å²) in [5.41, 5.74) is 6.43.